The molecule has 0 saturated carbocycles. The number of benzene rings is 9. The van der Waals surface area contributed by atoms with E-state index in [-0.39, 0.29) is 11.8 Å². The third kappa shape index (κ3) is 4.91. The molecule has 0 atom stereocenters. The Morgan fingerprint density at radius 1 is 0.241 bits per heavy atom. The molecule has 9 aromatic carbocycles. The van der Waals surface area contributed by atoms with Gasteiger partial charge in [0.1, 0.15) is 0 Å². The molecule has 2 aliphatic carbocycles. The van der Waals surface area contributed by atoms with Crippen molar-refractivity contribution in [2.24, 2.45) is 0 Å². The summed E-state index contributed by atoms with van der Waals surface area (Å²) in [6.07, 6.45) is 0. The average Bonchev–Trinajstić information content (AvgIpc) is 3.77. The molecule has 0 N–H and O–H groups in total. The van der Waals surface area contributed by atoms with Crippen molar-refractivity contribution < 1.29 is 0 Å². The second-order valence-electron chi connectivity index (χ2n) is 14.8. The smallest absolute Gasteiger partial charge is 0.0352 e. The number of hydrogen-bond donors (Lipinski definition) is 0. The van der Waals surface area contributed by atoms with Gasteiger partial charge in [0, 0.05) is 11.8 Å². The van der Waals surface area contributed by atoms with E-state index in [1.54, 1.807) is 0 Å². The molecule has 9 aromatic rings. The van der Waals surface area contributed by atoms with Gasteiger partial charge in [-0.15, -0.1) is 0 Å². The van der Waals surface area contributed by atoms with E-state index >= 15 is 0 Å². The van der Waals surface area contributed by atoms with Crippen LogP contribution in [-0.4, -0.2) is 0 Å². The molecule has 0 saturated heterocycles. The topological polar surface area (TPSA) is 0 Å². The molecule has 0 radical (unpaired) electrons. The summed E-state index contributed by atoms with van der Waals surface area (Å²) in [6.45, 7) is 0. The zero-order valence-electron chi connectivity index (χ0n) is 29.8. The fourth-order valence-electron chi connectivity index (χ4n) is 9.36. The maximum Gasteiger partial charge on any atom is 0.0352 e. The summed E-state index contributed by atoms with van der Waals surface area (Å²) < 4.78 is 0. The van der Waals surface area contributed by atoms with Crippen LogP contribution in [0.15, 0.2) is 206 Å². The average molecular weight is 685 g/mol. The molecule has 0 unspecified atom stereocenters. The molecule has 0 aromatic heterocycles. The van der Waals surface area contributed by atoms with Crippen molar-refractivity contribution in [1.82, 2.24) is 0 Å². The first-order valence-electron chi connectivity index (χ1n) is 19.0. The van der Waals surface area contributed by atoms with Crippen molar-refractivity contribution in [3.05, 3.63) is 240 Å². The molecule has 0 amide bonds. The highest BCUT2D eigenvalue weighted by atomic mass is 14.3. The lowest BCUT2D eigenvalue weighted by Gasteiger charge is -2.17. The molecular weight excluding hydrogens is 649 g/mol. The van der Waals surface area contributed by atoms with Gasteiger partial charge in [-0.25, -0.2) is 0 Å². The molecule has 0 heteroatoms. The van der Waals surface area contributed by atoms with Crippen molar-refractivity contribution in [3.63, 3.8) is 0 Å². The first kappa shape index (κ1) is 30.8. The maximum absolute atomic E-state index is 2.38. The lowest BCUT2D eigenvalue weighted by Crippen LogP contribution is -1.99. The Balaban J connectivity index is 1.01. The van der Waals surface area contributed by atoms with E-state index in [2.05, 4.69) is 206 Å². The molecule has 252 valence electrons. The highest BCUT2D eigenvalue weighted by molar-refractivity contribution is 5.98. The van der Waals surface area contributed by atoms with Crippen molar-refractivity contribution in [2.75, 3.05) is 0 Å². The molecule has 0 nitrogen and oxygen atoms in total. The Morgan fingerprint density at radius 2 is 0.593 bits per heavy atom. The van der Waals surface area contributed by atoms with Crippen LogP contribution in [0.25, 0.3) is 66.4 Å². The number of rotatable bonds is 5. The molecule has 2 aliphatic rings. The highest BCUT2D eigenvalue weighted by Crippen LogP contribution is 2.49. The van der Waals surface area contributed by atoms with E-state index in [4.69, 9.17) is 0 Å². The lowest BCUT2D eigenvalue weighted by atomic mass is 9.86. The van der Waals surface area contributed by atoms with Crippen molar-refractivity contribution in [3.8, 4) is 55.6 Å². The van der Waals surface area contributed by atoms with Crippen LogP contribution in [0.2, 0.25) is 0 Å². The SMILES string of the molecule is c1ccc2c(c1)-c1ccccc1C2c1ccc(-c2cc(-c3ccc(C4c5ccccc5-c5ccccc54)cc3)cc(-c3cccc4ccccc34)c2)cc1. The zero-order valence-corrected chi connectivity index (χ0v) is 29.8. The lowest BCUT2D eigenvalue weighted by molar-refractivity contribution is 1.02. The molecule has 0 aliphatic heterocycles. The van der Waals surface area contributed by atoms with E-state index in [1.807, 2.05) is 0 Å². The van der Waals surface area contributed by atoms with Gasteiger partial charge >= 0.3 is 0 Å². The Kier molecular flexibility index (Phi) is 7.10. The monoisotopic (exact) mass is 684 g/mol. The third-order valence-corrected chi connectivity index (χ3v) is 11.9. The summed E-state index contributed by atoms with van der Waals surface area (Å²) >= 11 is 0. The Labute approximate surface area is 316 Å². The van der Waals surface area contributed by atoms with Crippen molar-refractivity contribution >= 4 is 10.8 Å². The van der Waals surface area contributed by atoms with Gasteiger partial charge in [0.15, 0.2) is 0 Å². The molecular formula is C54H36. The zero-order chi connectivity index (χ0) is 35.6. The second-order valence-corrected chi connectivity index (χ2v) is 14.8. The van der Waals surface area contributed by atoms with Crippen LogP contribution in [-0.2, 0) is 0 Å². The van der Waals surface area contributed by atoms with Gasteiger partial charge in [0.2, 0.25) is 0 Å². The van der Waals surface area contributed by atoms with Gasteiger partial charge in [-0.3, -0.25) is 0 Å². The predicted molar refractivity (Wildman–Crippen MR) is 226 cm³/mol. The summed E-state index contributed by atoms with van der Waals surface area (Å²) in [6, 6.07) is 76.7. The van der Waals surface area contributed by atoms with Gasteiger partial charge in [-0.2, -0.15) is 0 Å². The first-order valence-corrected chi connectivity index (χ1v) is 19.0. The van der Waals surface area contributed by atoms with Gasteiger partial charge in [-0.1, -0.05) is 188 Å². The summed E-state index contributed by atoms with van der Waals surface area (Å²) in [5.41, 5.74) is 21.0. The minimum absolute atomic E-state index is 0.237. The van der Waals surface area contributed by atoms with E-state index in [0.717, 1.165) is 0 Å². The molecule has 0 bridgehead atoms. The summed E-state index contributed by atoms with van der Waals surface area (Å²) in [5, 5.41) is 2.52. The highest BCUT2D eigenvalue weighted by Gasteiger charge is 2.30. The summed E-state index contributed by atoms with van der Waals surface area (Å²) in [5.74, 6) is 0.475. The maximum atomic E-state index is 2.38. The van der Waals surface area contributed by atoms with Crippen LogP contribution < -0.4 is 0 Å². The molecule has 0 spiro atoms. The largest absolute Gasteiger partial charge is 0.0619 e. The molecule has 11 rings (SSSR count). The standard InChI is InChI=1S/C54H36/c1-2-14-43-37(12-1)13-11-23-44(43)42-33-40(35-24-28-38(29-25-35)53-49-19-7-3-15-45(49)46-16-4-8-20-50(46)53)32-41(34-42)36-26-30-39(31-27-36)54-51-21-9-5-17-47(51)48-18-6-10-22-52(48)54/h1-34,53-54H. The molecule has 0 fully saturated rings. The fraction of sp³-hybridized carbons (Fsp3) is 0.0370. The van der Waals surface area contributed by atoms with Gasteiger partial charge in [-0.05, 0) is 118 Å². The van der Waals surface area contributed by atoms with Crippen molar-refractivity contribution in [1.29, 1.82) is 0 Å². The van der Waals surface area contributed by atoms with Crippen LogP contribution in [0, 0.1) is 0 Å². The minimum Gasteiger partial charge on any atom is -0.0619 e. The third-order valence-electron chi connectivity index (χ3n) is 11.9. The Hall–Kier alpha value is -6.76. The molecule has 54 heavy (non-hydrogen) atoms. The number of fused-ring (bicyclic) bond motifs is 7. The second kappa shape index (κ2) is 12.4. The van der Waals surface area contributed by atoms with Crippen LogP contribution in [0.5, 0.6) is 0 Å². The van der Waals surface area contributed by atoms with Gasteiger partial charge < -0.3 is 0 Å². The Bertz CT molecular complexity index is 2620. The van der Waals surface area contributed by atoms with Gasteiger partial charge in [0.05, 0.1) is 0 Å². The quantitative estimate of drug-likeness (QED) is 0.169. The minimum atomic E-state index is 0.237. The van der Waals surface area contributed by atoms with Crippen molar-refractivity contribution in [2.45, 2.75) is 11.8 Å². The normalized spacial score (nSPS) is 13.0. The van der Waals surface area contributed by atoms with E-state index in [0.29, 0.717) is 0 Å². The summed E-state index contributed by atoms with van der Waals surface area (Å²) in [4.78, 5) is 0. The van der Waals surface area contributed by atoms with Gasteiger partial charge in [0.25, 0.3) is 0 Å². The predicted octanol–water partition coefficient (Wildman–Crippen LogP) is 14.2. The van der Waals surface area contributed by atoms with Crippen LogP contribution in [0.4, 0.5) is 0 Å². The number of hydrogen-bond acceptors (Lipinski definition) is 0. The summed E-state index contributed by atoms with van der Waals surface area (Å²) in [7, 11) is 0. The Morgan fingerprint density at radius 3 is 1.06 bits per heavy atom. The van der Waals surface area contributed by atoms with Crippen LogP contribution in [0.1, 0.15) is 45.2 Å². The van der Waals surface area contributed by atoms with Crippen LogP contribution in [0.3, 0.4) is 0 Å². The van der Waals surface area contributed by atoms with E-state index in [1.165, 1.54) is 99.8 Å². The fourth-order valence-corrected chi connectivity index (χ4v) is 9.36. The first-order chi connectivity index (χ1) is 26.8. The van der Waals surface area contributed by atoms with E-state index in [9.17, 15) is 0 Å². The molecule has 0 heterocycles. The van der Waals surface area contributed by atoms with Crippen LogP contribution >= 0.6 is 0 Å². The van der Waals surface area contributed by atoms with E-state index < -0.39 is 0 Å².